The lowest BCUT2D eigenvalue weighted by molar-refractivity contribution is 0.0680. The number of nitrogens with zero attached hydrogens (tertiary/aromatic N) is 4. The Morgan fingerprint density at radius 2 is 1.92 bits per heavy atom. The summed E-state index contributed by atoms with van der Waals surface area (Å²) in [7, 11) is 0. The SMILES string of the molecule is CC(C)(C)n1cc(C(=O)N2CCCCC[C@@H]2c2ccncc2)cn1. The molecule has 0 radical (unpaired) electrons. The lowest BCUT2D eigenvalue weighted by Gasteiger charge is -2.30. The number of hydrogen-bond acceptors (Lipinski definition) is 3. The third-order valence-electron chi connectivity index (χ3n) is 4.62. The summed E-state index contributed by atoms with van der Waals surface area (Å²) in [6.07, 6.45) is 11.6. The molecule has 2 aromatic heterocycles. The Morgan fingerprint density at radius 1 is 1.17 bits per heavy atom. The van der Waals surface area contributed by atoms with Gasteiger partial charge in [0, 0.05) is 25.1 Å². The van der Waals surface area contributed by atoms with Crippen molar-refractivity contribution in [2.45, 2.75) is 58.0 Å². The first-order valence-corrected chi connectivity index (χ1v) is 8.73. The number of hydrogen-bond donors (Lipinski definition) is 0. The Balaban J connectivity index is 1.89. The van der Waals surface area contributed by atoms with Crippen molar-refractivity contribution in [2.75, 3.05) is 6.54 Å². The second kappa shape index (κ2) is 6.75. The Bertz CT molecular complexity index is 687. The summed E-state index contributed by atoms with van der Waals surface area (Å²) in [5, 5.41) is 4.38. The van der Waals surface area contributed by atoms with E-state index in [1.165, 1.54) is 12.0 Å². The molecule has 5 heteroatoms. The highest BCUT2D eigenvalue weighted by atomic mass is 16.2. The molecular weight excluding hydrogens is 300 g/mol. The number of amides is 1. The first-order valence-electron chi connectivity index (χ1n) is 8.73. The van der Waals surface area contributed by atoms with Crippen LogP contribution in [-0.4, -0.2) is 32.1 Å². The van der Waals surface area contributed by atoms with Gasteiger partial charge in [0.1, 0.15) is 0 Å². The van der Waals surface area contributed by atoms with Crippen LogP contribution in [0.15, 0.2) is 36.9 Å². The van der Waals surface area contributed by atoms with E-state index < -0.39 is 0 Å². The average Bonchev–Trinajstić information content (AvgIpc) is 2.94. The Kier molecular flexibility index (Phi) is 4.69. The van der Waals surface area contributed by atoms with Gasteiger partial charge in [-0.05, 0) is 51.3 Å². The van der Waals surface area contributed by atoms with Crippen molar-refractivity contribution >= 4 is 5.91 Å². The summed E-state index contributed by atoms with van der Waals surface area (Å²) in [6.45, 7) is 7.05. The first kappa shape index (κ1) is 16.7. The minimum atomic E-state index is -0.123. The number of carbonyl (C=O) groups is 1. The molecule has 24 heavy (non-hydrogen) atoms. The van der Waals surface area contributed by atoms with Crippen molar-refractivity contribution < 1.29 is 4.79 Å². The van der Waals surface area contributed by atoms with Gasteiger partial charge in [-0.2, -0.15) is 5.10 Å². The van der Waals surface area contributed by atoms with Crippen molar-refractivity contribution in [3.63, 3.8) is 0 Å². The molecular formula is C19H26N4O. The van der Waals surface area contributed by atoms with Crippen LogP contribution < -0.4 is 0 Å². The number of rotatable bonds is 2. The number of likely N-dealkylation sites (tertiary alicyclic amines) is 1. The van der Waals surface area contributed by atoms with E-state index in [-0.39, 0.29) is 17.5 Å². The Hall–Kier alpha value is -2.17. The molecule has 128 valence electrons. The van der Waals surface area contributed by atoms with Crippen LogP contribution in [0.1, 0.15) is 68.4 Å². The molecule has 1 aliphatic rings. The molecule has 0 saturated carbocycles. The molecule has 0 aromatic carbocycles. The van der Waals surface area contributed by atoms with Gasteiger partial charge < -0.3 is 4.90 Å². The van der Waals surface area contributed by atoms with Crippen molar-refractivity contribution in [1.29, 1.82) is 0 Å². The van der Waals surface area contributed by atoms with Gasteiger partial charge in [0.15, 0.2) is 0 Å². The molecule has 3 heterocycles. The molecule has 1 aliphatic heterocycles. The summed E-state index contributed by atoms with van der Waals surface area (Å²) in [4.78, 5) is 19.3. The predicted octanol–water partition coefficient (Wildman–Crippen LogP) is 3.79. The van der Waals surface area contributed by atoms with Gasteiger partial charge in [0.05, 0.1) is 23.3 Å². The van der Waals surface area contributed by atoms with Crippen molar-refractivity contribution in [3.8, 4) is 0 Å². The Morgan fingerprint density at radius 3 is 2.58 bits per heavy atom. The minimum Gasteiger partial charge on any atom is -0.332 e. The van der Waals surface area contributed by atoms with Gasteiger partial charge in [-0.3, -0.25) is 14.5 Å². The van der Waals surface area contributed by atoms with Crippen LogP contribution in [0.25, 0.3) is 0 Å². The average molecular weight is 326 g/mol. The van der Waals surface area contributed by atoms with Crippen LogP contribution in [0, 0.1) is 0 Å². The van der Waals surface area contributed by atoms with E-state index in [1.807, 2.05) is 27.9 Å². The van der Waals surface area contributed by atoms with Crippen LogP contribution >= 0.6 is 0 Å². The van der Waals surface area contributed by atoms with Crippen LogP contribution in [-0.2, 0) is 5.54 Å². The van der Waals surface area contributed by atoms with E-state index in [0.29, 0.717) is 5.56 Å². The van der Waals surface area contributed by atoms with Gasteiger partial charge in [-0.15, -0.1) is 0 Å². The minimum absolute atomic E-state index is 0.0780. The maximum atomic E-state index is 13.1. The van der Waals surface area contributed by atoms with E-state index in [4.69, 9.17) is 0 Å². The molecule has 1 amide bonds. The zero-order chi connectivity index (χ0) is 17.2. The van der Waals surface area contributed by atoms with E-state index in [2.05, 4.69) is 30.9 Å². The van der Waals surface area contributed by atoms with Crippen LogP contribution in [0.4, 0.5) is 0 Å². The summed E-state index contributed by atoms with van der Waals surface area (Å²) in [5.41, 5.74) is 1.72. The normalized spacial score (nSPS) is 19.1. The molecule has 1 atom stereocenters. The number of carbonyl (C=O) groups excluding carboxylic acids is 1. The predicted molar refractivity (Wildman–Crippen MR) is 93.7 cm³/mol. The molecule has 0 N–H and O–H groups in total. The smallest absolute Gasteiger partial charge is 0.257 e. The summed E-state index contributed by atoms with van der Waals surface area (Å²) < 4.78 is 1.86. The molecule has 2 aromatic rings. The number of pyridine rings is 1. The summed E-state index contributed by atoms with van der Waals surface area (Å²) in [6, 6.07) is 4.17. The van der Waals surface area contributed by atoms with E-state index in [9.17, 15) is 4.79 Å². The third-order valence-corrected chi connectivity index (χ3v) is 4.62. The largest absolute Gasteiger partial charge is 0.332 e. The maximum absolute atomic E-state index is 13.1. The van der Waals surface area contributed by atoms with Crippen LogP contribution in [0.5, 0.6) is 0 Å². The standard InChI is InChI=1S/C19H26N4O/c1-19(2,3)23-14-16(13-21-23)18(24)22-12-6-4-5-7-17(22)15-8-10-20-11-9-15/h8-11,13-14,17H,4-7,12H2,1-3H3/t17-/m1/s1. The molecule has 0 aliphatic carbocycles. The second-order valence-corrected chi connectivity index (χ2v) is 7.49. The van der Waals surface area contributed by atoms with Crippen LogP contribution in [0.2, 0.25) is 0 Å². The molecule has 3 rings (SSSR count). The Labute approximate surface area is 143 Å². The third kappa shape index (κ3) is 3.50. The molecule has 0 bridgehead atoms. The highest BCUT2D eigenvalue weighted by molar-refractivity contribution is 5.94. The zero-order valence-electron chi connectivity index (χ0n) is 14.8. The van der Waals surface area contributed by atoms with Crippen LogP contribution in [0.3, 0.4) is 0 Å². The molecule has 1 saturated heterocycles. The lowest BCUT2D eigenvalue weighted by Crippen LogP contribution is -2.34. The van der Waals surface area contributed by atoms with Gasteiger partial charge >= 0.3 is 0 Å². The molecule has 1 fully saturated rings. The quantitative estimate of drug-likeness (QED) is 0.843. The highest BCUT2D eigenvalue weighted by Crippen LogP contribution is 2.31. The van der Waals surface area contributed by atoms with Crippen molar-refractivity contribution in [1.82, 2.24) is 19.7 Å². The van der Waals surface area contributed by atoms with E-state index >= 15 is 0 Å². The monoisotopic (exact) mass is 326 g/mol. The van der Waals surface area contributed by atoms with Crippen molar-refractivity contribution in [2.24, 2.45) is 0 Å². The second-order valence-electron chi connectivity index (χ2n) is 7.49. The van der Waals surface area contributed by atoms with Gasteiger partial charge in [-0.1, -0.05) is 12.8 Å². The fourth-order valence-electron chi connectivity index (χ4n) is 3.25. The fraction of sp³-hybridized carbons (Fsp3) is 0.526. The first-order chi connectivity index (χ1) is 11.5. The van der Waals surface area contributed by atoms with Crippen molar-refractivity contribution in [3.05, 3.63) is 48.0 Å². The number of aromatic nitrogens is 3. The van der Waals surface area contributed by atoms with E-state index in [0.717, 1.165) is 25.8 Å². The fourth-order valence-corrected chi connectivity index (χ4v) is 3.25. The highest BCUT2D eigenvalue weighted by Gasteiger charge is 2.28. The summed E-state index contributed by atoms with van der Waals surface area (Å²) in [5.74, 6) is 0.0780. The molecule has 0 spiro atoms. The van der Waals surface area contributed by atoms with Gasteiger partial charge in [0.2, 0.25) is 0 Å². The summed E-state index contributed by atoms with van der Waals surface area (Å²) >= 11 is 0. The zero-order valence-corrected chi connectivity index (χ0v) is 14.8. The molecule has 0 unspecified atom stereocenters. The topological polar surface area (TPSA) is 51.0 Å². The maximum Gasteiger partial charge on any atom is 0.257 e. The van der Waals surface area contributed by atoms with Gasteiger partial charge in [-0.25, -0.2) is 0 Å². The van der Waals surface area contributed by atoms with Gasteiger partial charge in [0.25, 0.3) is 5.91 Å². The molecule has 5 nitrogen and oxygen atoms in total. The lowest BCUT2D eigenvalue weighted by atomic mass is 10.0. The van der Waals surface area contributed by atoms with E-state index in [1.54, 1.807) is 18.6 Å².